The minimum atomic E-state index is -0.816. The van der Waals surface area contributed by atoms with Crippen molar-refractivity contribution in [1.29, 1.82) is 0 Å². The monoisotopic (exact) mass is 537 g/mol. The summed E-state index contributed by atoms with van der Waals surface area (Å²) in [6.45, 7) is 10.1. The maximum absolute atomic E-state index is 13.7. The van der Waals surface area contributed by atoms with Crippen molar-refractivity contribution < 1.29 is 19.1 Å². The first-order chi connectivity index (χ1) is 18.6. The fraction of sp³-hybridized carbons (Fsp3) is 0.531. The third-order valence-corrected chi connectivity index (χ3v) is 6.43. The molecular weight excluding hydrogens is 490 g/mol. The molecule has 0 aliphatic heterocycles. The van der Waals surface area contributed by atoms with Crippen molar-refractivity contribution in [2.24, 2.45) is 0 Å². The van der Waals surface area contributed by atoms with Crippen molar-refractivity contribution in [1.82, 2.24) is 15.5 Å². The molecule has 2 N–H and O–H groups in total. The zero-order valence-corrected chi connectivity index (χ0v) is 24.4. The van der Waals surface area contributed by atoms with Crippen LogP contribution in [0.2, 0.25) is 0 Å². The lowest BCUT2D eigenvalue weighted by atomic mass is 10.0. The summed E-state index contributed by atoms with van der Waals surface area (Å²) in [6, 6.07) is 16.7. The summed E-state index contributed by atoms with van der Waals surface area (Å²) in [4.78, 5) is 41.1. The molecule has 0 bridgehead atoms. The molecule has 39 heavy (non-hydrogen) atoms. The van der Waals surface area contributed by atoms with Crippen LogP contribution in [0.5, 0.6) is 0 Å². The van der Waals surface area contributed by atoms with E-state index in [0.29, 0.717) is 13.1 Å². The van der Waals surface area contributed by atoms with Gasteiger partial charge in [0.05, 0.1) is 0 Å². The zero-order valence-electron chi connectivity index (χ0n) is 24.4. The van der Waals surface area contributed by atoms with Crippen molar-refractivity contribution in [3.05, 3.63) is 71.3 Å². The topological polar surface area (TPSA) is 87.7 Å². The van der Waals surface area contributed by atoms with Crippen LogP contribution < -0.4 is 10.6 Å². The molecule has 0 spiro atoms. The summed E-state index contributed by atoms with van der Waals surface area (Å²) < 4.78 is 5.31. The maximum atomic E-state index is 13.7. The molecule has 0 radical (unpaired) electrons. The molecule has 2 aromatic carbocycles. The van der Waals surface area contributed by atoms with Gasteiger partial charge >= 0.3 is 6.09 Å². The Hall–Kier alpha value is -3.35. The Kier molecular flexibility index (Phi) is 13.5. The number of unbranched alkanes of at least 4 members (excludes halogenated alkanes) is 5. The largest absolute Gasteiger partial charge is 0.444 e. The van der Waals surface area contributed by atoms with Crippen molar-refractivity contribution >= 4 is 17.9 Å². The Bertz CT molecular complexity index is 1020. The number of ether oxygens (including phenoxy) is 1. The fourth-order valence-corrected chi connectivity index (χ4v) is 4.31. The lowest BCUT2D eigenvalue weighted by Crippen LogP contribution is -2.48. The van der Waals surface area contributed by atoms with Gasteiger partial charge in [-0.25, -0.2) is 4.79 Å². The summed E-state index contributed by atoms with van der Waals surface area (Å²) in [5.41, 5.74) is 2.20. The Balaban J connectivity index is 2.28. The molecule has 0 aliphatic carbocycles. The van der Waals surface area contributed by atoms with Crippen LogP contribution in [0.4, 0.5) is 4.79 Å². The van der Waals surface area contributed by atoms with E-state index in [2.05, 4.69) is 24.5 Å². The Labute approximate surface area is 234 Å². The zero-order chi connectivity index (χ0) is 28.7. The average Bonchev–Trinajstić information content (AvgIpc) is 2.91. The number of hydrogen-bond donors (Lipinski definition) is 2. The molecule has 0 aromatic heterocycles. The quantitative estimate of drug-likeness (QED) is 0.260. The van der Waals surface area contributed by atoms with E-state index in [4.69, 9.17) is 4.74 Å². The van der Waals surface area contributed by atoms with Crippen LogP contribution >= 0.6 is 0 Å². The minimum absolute atomic E-state index is 0.250. The van der Waals surface area contributed by atoms with E-state index in [1.165, 1.54) is 12.8 Å². The molecule has 0 aliphatic rings. The van der Waals surface area contributed by atoms with E-state index in [-0.39, 0.29) is 18.4 Å². The normalized spacial score (nSPS) is 11.9. The number of alkyl carbamates (subject to hydrolysis) is 1. The summed E-state index contributed by atoms with van der Waals surface area (Å²) in [6.07, 6.45) is 6.56. The van der Waals surface area contributed by atoms with Gasteiger partial charge in [0.1, 0.15) is 18.2 Å². The first-order valence-corrected chi connectivity index (χ1v) is 14.3. The molecule has 0 saturated heterocycles. The van der Waals surface area contributed by atoms with Crippen LogP contribution in [0.1, 0.15) is 95.9 Å². The number of amides is 3. The molecule has 7 nitrogen and oxygen atoms in total. The molecule has 0 saturated carbocycles. The van der Waals surface area contributed by atoms with Crippen molar-refractivity contribution in [2.75, 3.05) is 13.1 Å². The number of nitrogens with zero attached hydrogens (tertiary/aromatic N) is 1. The standard InChI is InChI=1S/C32H47N3O4/c1-6-8-9-10-11-15-22-35(28(36)24-34-31(38)39-32(3,4)5)29(27-20-18-25(7-2)19-21-27)30(37)33-23-26-16-13-12-14-17-26/h12-14,16-21,29H,6-11,15,22-24H2,1-5H3,(H,33,37)(H,34,38). The molecular formula is C32H47N3O4. The first-order valence-electron chi connectivity index (χ1n) is 14.3. The molecule has 2 aromatic rings. The number of nitrogens with one attached hydrogen (secondary N) is 2. The van der Waals surface area contributed by atoms with Crippen LogP contribution in [-0.2, 0) is 27.3 Å². The van der Waals surface area contributed by atoms with E-state index in [1.54, 1.807) is 25.7 Å². The highest BCUT2D eigenvalue weighted by molar-refractivity contribution is 5.90. The van der Waals surface area contributed by atoms with Gasteiger partial charge in [-0.15, -0.1) is 0 Å². The third-order valence-electron chi connectivity index (χ3n) is 6.43. The number of aryl methyl sites for hydroxylation is 1. The number of carbonyl (C=O) groups excluding carboxylic acids is 3. The molecule has 1 atom stereocenters. The number of hydrogen-bond acceptors (Lipinski definition) is 4. The molecule has 214 valence electrons. The molecule has 0 heterocycles. The summed E-state index contributed by atoms with van der Waals surface area (Å²) in [5.74, 6) is -0.575. The second-order valence-corrected chi connectivity index (χ2v) is 10.9. The summed E-state index contributed by atoms with van der Waals surface area (Å²) >= 11 is 0. The molecule has 3 amide bonds. The van der Waals surface area contributed by atoms with E-state index >= 15 is 0 Å². The molecule has 1 unspecified atom stereocenters. The highest BCUT2D eigenvalue weighted by Crippen LogP contribution is 2.24. The van der Waals surface area contributed by atoms with E-state index in [1.807, 2.05) is 54.6 Å². The second-order valence-electron chi connectivity index (χ2n) is 10.9. The number of benzene rings is 2. The van der Waals surface area contributed by atoms with Gasteiger partial charge in [0.2, 0.25) is 11.8 Å². The minimum Gasteiger partial charge on any atom is -0.444 e. The van der Waals surface area contributed by atoms with Gasteiger partial charge in [-0.2, -0.15) is 0 Å². The highest BCUT2D eigenvalue weighted by atomic mass is 16.6. The van der Waals surface area contributed by atoms with Gasteiger partial charge in [-0.1, -0.05) is 101 Å². The van der Waals surface area contributed by atoms with Gasteiger partial charge in [-0.05, 0) is 50.3 Å². The van der Waals surface area contributed by atoms with Crippen molar-refractivity contribution in [3.63, 3.8) is 0 Å². The second kappa shape index (κ2) is 16.6. The Morgan fingerprint density at radius 1 is 0.821 bits per heavy atom. The van der Waals surface area contributed by atoms with Gasteiger partial charge < -0.3 is 20.3 Å². The van der Waals surface area contributed by atoms with Crippen LogP contribution in [0.3, 0.4) is 0 Å². The van der Waals surface area contributed by atoms with E-state index < -0.39 is 17.7 Å². The molecule has 0 fully saturated rings. The molecule has 7 heteroatoms. The van der Waals surface area contributed by atoms with Crippen molar-refractivity contribution in [3.8, 4) is 0 Å². The lowest BCUT2D eigenvalue weighted by Gasteiger charge is -2.32. The summed E-state index contributed by atoms with van der Waals surface area (Å²) in [7, 11) is 0. The number of rotatable bonds is 15. The van der Waals surface area contributed by atoms with Crippen molar-refractivity contribution in [2.45, 2.75) is 97.8 Å². The van der Waals surface area contributed by atoms with Crippen LogP contribution in [0.25, 0.3) is 0 Å². The Morgan fingerprint density at radius 3 is 2.08 bits per heavy atom. The fourth-order valence-electron chi connectivity index (χ4n) is 4.31. The third kappa shape index (κ3) is 11.9. The van der Waals surface area contributed by atoms with E-state index in [0.717, 1.165) is 48.8 Å². The van der Waals surface area contributed by atoms with Gasteiger partial charge in [0.15, 0.2) is 0 Å². The lowest BCUT2D eigenvalue weighted by molar-refractivity contribution is -0.140. The van der Waals surface area contributed by atoms with E-state index in [9.17, 15) is 14.4 Å². The summed E-state index contributed by atoms with van der Waals surface area (Å²) in [5, 5.41) is 5.61. The Morgan fingerprint density at radius 2 is 1.46 bits per heavy atom. The average molecular weight is 538 g/mol. The SMILES string of the molecule is CCCCCCCCN(C(=O)CNC(=O)OC(C)(C)C)C(C(=O)NCc1ccccc1)c1ccc(CC)cc1. The van der Waals surface area contributed by atoms with Crippen LogP contribution in [0.15, 0.2) is 54.6 Å². The van der Waals surface area contributed by atoms with Crippen LogP contribution in [-0.4, -0.2) is 41.5 Å². The van der Waals surface area contributed by atoms with Gasteiger partial charge in [0, 0.05) is 13.1 Å². The molecule has 2 rings (SSSR count). The maximum Gasteiger partial charge on any atom is 0.408 e. The number of carbonyl (C=O) groups is 3. The van der Waals surface area contributed by atoms with Gasteiger partial charge in [-0.3, -0.25) is 9.59 Å². The van der Waals surface area contributed by atoms with Gasteiger partial charge in [0.25, 0.3) is 0 Å². The predicted octanol–water partition coefficient (Wildman–Crippen LogP) is 6.32. The highest BCUT2D eigenvalue weighted by Gasteiger charge is 2.31. The first kappa shape index (κ1) is 31.9. The smallest absolute Gasteiger partial charge is 0.408 e. The predicted molar refractivity (Wildman–Crippen MR) is 156 cm³/mol. The van der Waals surface area contributed by atoms with Crippen LogP contribution in [0, 0.1) is 0 Å².